The van der Waals surface area contributed by atoms with Crippen LogP contribution in [0.25, 0.3) is 0 Å². The number of allylic oxidation sites excluding steroid dienone is 3. The molecule has 0 aromatic heterocycles. The van der Waals surface area contributed by atoms with Crippen molar-refractivity contribution in [1.82, 2.24) is 10.6 Å². The Hall–Kier alpha value is -1.53. The molecule has 0 aliphatic rings. The van der Waals surface area contributed by atoms with Crippen molar-refractivity contribution >= 4 is 5.71 Å². The van der Waals surface area contributed by atoms with Crippen molar-refractivity contribution in [3.63, 3.8) is 0 Å². The van der Waals surface area contributed by atoms with Gasteiger partial charge in [-0.3, -0.25) is 4.99 Å². The molecule has 0 fully saturated rings. The molecule has 0 radical (unpaired) electrons. The minimum Gasteiger partial charge on any atom is -0.383 e. The largest absolute Gasteiger partial charge is 0.383 e. The molecule has 0 rings (SSSR count). The molecule has 3 heteroatoms. The molecule has 0 bridgehead atoms. The molecular weight excluding hydrogens is 210 g/mol. The van der Waals surface area contributed by atoms with E-state index in [1.165, 1.54) is 0 Å². The van der Waals surface area contributed by atoms with Crippen LogP contribution < -0.4 is 10.6 Å². The van der Waals surface area contributed by atoms with E-state index in [1.807, 2.05) is 26.1 Å². The van der Waals surface area contributed by atoms with E-state index in [4.69, 9.17) is 6.42 Å². The van der Waals surface area contributed by atoms with Crippen LogP contribution >= 0.6 is 0 Å². The highest BCUT2D eigenvalue weighted by atomic mass is 15.0. The van der Waals surface area contributed by atoms with E-state index >= 15 is 0 Å². The predicted octanol–water partition coefficient (Wildman–Crippen LogP) is 2.09. The van der Waals surface area contributed by atoms with Crippen LogP contribution in [0.1, 0.15) is 27.2 Å². The van der Waals surface area contributed by atoms with Crippen molar-refractivity contribution in [3.8, 4) is 12.3 Å². The third-order valence-corrected chi connectivity index (χ3v) is 2.24. The number of nitrogens with one attached hydrogen (secondary N) is 2. The first kappa shape index (κ1) is 15.5. The fourth-order valence-corrected chi connectivity index (χ4v) is 1.14. The van der Waals surface area contributed by atoms with Gasteiger partial charge in [0.2, 0.25) is 0 Å². The molecule has 3 nitrogen and oxygen atoms in total. The minimum atomic E-state index is 0.417. The normalized spacial score (nSPS) is 14.8. The summed E-state index contributed by atoms with van der Waals surface area (Å²) in [5.74, 6) is 2.49. The zero-order chi connectivity index (χ0) is 13.1. The fourth-order valence-electron chi connectivity index (χ4n) is 1.14. The van der Waals surface area contributed by atoms with Gasteiger partial charge in [-0.2, -0.15) is 0 Å². The summed E-state index contributed by atoms with van der Waals surface area (Å²) in [5, 5.41) is 6.37. The van der Waals surface area contributed by atoms with Crippen LogP contribution in [-0.2, 0) is 0 Å². The van der Waals surface area contributed by atoms with Crippen LogP contribution in [0.4, 0.5) is 0 Å². The van der Waals surface area contributed by atoms with E-state index in [0.717, 1.165) is 17.8 Å². The maximum atomic E-state index is 5.22. The maximum Gasteiger partial charge on any atom is 0.0885 e. The Morgan fingerprint density at radius 1 is 1.53 bits per heavy atom. The van der Waals surface area contributed by atoms with Crippen molar-refractivity contribution in [3.05, 3.63) is 23.9 Å². The van der Waals surface area contributed by atoms with E-state index in [1.54, 1.807) is 6.08 Å². The predicted molar refractivity (Wildman–Crippen MR) is 76.0 cm³/mol. The van der Waals surface area contributed by atoms with Crippen LogP contribution in [0, 0.1) is 12.3 Å². The number of hydrogen-bond acceptors (Lipinski definition) is 3. The highest BCUT2D eigenvalue weighted by molar-refractivity contribution is 5.93. The van der Waals surface area contributed by atoms with Gasteiger partial charge in [0.1, 0.15) is 0 Å². The number of terminal acetylenes is 1. The summed E-state index contributed by atoms with van der Waals surface area (Å²) in [6.45, 7) is 6.87. The molecule has 0 aliphatic heterocycles. The molecular formula is C14H23N3. The molecule has 1 atom stereocenters. The van der Waals surface area contributed by atoms with Crippen molar-refractivity contribution in [2.75, 3.05) is 13.7 Å². The molecule has 0 heterocycles. The van der Waals surface area contributed by atoms with E-state index in [0.29, 0.717) is 12.7 Å². The fraction of sp³-hybridized carbons (Fsp3) is 0.500. The topological polar surface area (TPSA) is 36.4 Å². The van der Waals surface area contributed by atoms with Crippen LogP contribution in [-0.4, -0.2) is 25.5 Å². The zero-order valence-corrected chi connectivity index (χ0v) is 11.2. The van der Waals surface area contributed by atoms with Crippen molar-refractivity contribution in [2.45, 2.75) is 33.2 Å². The van der Waals surface area contributed by atoms with E-state index in [2.05, 4.69) is 35.4 Å². The molecule has 17 heavy (non-hydrogen) atoms. The van der Waals surface area contributed by atoms with Gasteiger partial charge in [-0.1, -0.05) is 12.8 Å². The number of nitrogens with zero attached hydrogens (tertiary/aromatic N) is 1. The summed E-state index contributed by atoms with van der Waals surface area (Å²) < 4.78 is 0. The first-order valence-corrected chi connectivity index (χ1v) is 5.90. The monoisotopic (exact) mass is 233 g/mol. The molecule has 0 saturated carbocycles. The van der Waals surface area contributed by atoms with Gasteiger partial charge in [-0.05, 0) is 45.5 Å². The quantitative estimate of drug-likeness (QED) is 0.401. The number of rotatable bonds is 7. The lowest BCUT2D eigenvalue weighted by Gasteiger charge is -2.13. The SMILES string of the molecule is C#C/C=C/C(=C\C(C)=N/CNC)NC(C)CC. The van der Waals surface area contributed by atoms with Gasteiger partial charge in [0, 0.05) is 17.5 Å². The minimum absolute atomic E-state index is 0.417. The second kappa shape index (κ2) is 9.68. The molecule has 0 aromatic carbocycles. The summed E-state index contributed by atoms with van der Waals surface area (Å²) in [4.78, 5) is 4.33. The Balaban J connectivity index is 4.72. The van der Waals surface area contributed by atoms with Crippen molar-refractivity contribution in [1.29, 1.82) is 0 Å². The Labute approximate surface area is 105 Å². The lowest BCUT2D eigenvalue weighted by Crippen LogP contribution is -2.24. The van der Waals surface area contributed by atoms with Crippen LogP contribution in [0.15, 0.2) is 28.9 Å². The molecule has 1 unspecified atom stereocenters. The van der Waals surface area contributed by atoms with Crippen LogP contribution in [0.3, 0.4) is 0 Å². The molecule has 0 aliphatic carbocycles. The standard InChI is InChI=1S/C14H23N3/c1-6-8-9-14(17-12(3)7-2)10-13(4)16-11-15-5/h1,8-10,12,15,17H,7,11H2,2-5H3/b9-8+,14-10+,16-13-. The highest BCUT2D eigenvalue weighted by Gasteiger charge is 1.99. The van der Waals surface area contributed by atoms with Crippen LogP contribution in [0.2, 0.25) is 0 Å². The third-order valence-electron chi connectivity index (χ3n) is 2.24. The second-order valence-electron chi connectivity index (χ2n) is 3.86. The van der Waals surface area contributed by atoms with E-state index < -0.39 is 0 Å². The second-order valence-corrected chi connectivity index (χ2v) is 3.86. The van der Waals surface area contributed by atoms with Gasteiger partial charge < -0.3 is 10.6 Å². The first-order chi connectivity index (χ1) is 8.13. The molecule has 2 N–H and O–H groups in total. The Bertz CT molecular complexity index is 332. The smallest absolute Gasteiger partial charge is 0.0885 e. The zero-order valence-electron chi connectivity index (χ0n) is 11.2. The number of hydrogen-bond donors (Lipinski definition) is 2. The van der Waals surface area contributed by atoms with Gasteiger partial charge in [-0.25, -0.2) is 0 Å². The molecule has 0 saturated heterocycles. The molecule has 0 spiro atoms. The van der Waals surface area contributed by atoms with Gasteiger partial charge in [0.25, 0.3) is 0 Å². The molecule has 0 aromatic rings. The Kier molecular flexibility index (Phi) is 8.81. The lowest BCUT2D eigenvalue weighted by molar-refractivity contribution is 0.604. The average Bonchev–Trinajstić information content (AvgIpc) is 2.33. The lowest BCUT2D eigenvalue weighted by atomic mass is 10.2. The first-order valence-electron chi connectivity index (χ1n) is 5.90. The van der Waals surface area contributed by atoms with Gasteiger partial charge >= 0.3 is 0 Å². The Morgan fingerprint density at radius 3 is 2.76 bits per heavy atom. The van der Waals surface area contributed by atoms with Gasteiger partial charge in [0.05, 0.1) is 6.67 Å². The van der Waals surface area contributed by atoms with Gasteiger partial charge in [-0.15, -0.1) is 6.42 Å². The average molecular weight is 233 g/mol. The summed E-state index contributed by atoms with van der Waals surface area (Å²) >= 11 is 0. The van der Waals surface area contributed by atoms with Gasteiger partial charge in [0.15, 0.2) is 0 Å². The van der Waals surface area contributed by atoms with Crippen molar-refractivity contribution in [2.24, 2.45) is 4.99 Å². The highest BCUT2D eigenvalue weighted by Crippen LogP contribution is 1.99. The summed E-state index contributed by atoms with van der Waals surface area (Å²) in [6, 6.07) is 0.417. The van der Waals surface area contributed by atoms with Crippen molar-refractivity contribution < 1.29 is 0 Å². The summed E-state index contributed by atoms with van der Waals surface area (Å²) in [5.41, 5.74) is 1.96. The van der Waals surface area contributed by atoms with E-state index in [9.17, 15) is 0 Å². The maximum absolute atomic E-state index is 5.22. The van der Waals surface area contributed by atoms with Crippen LogP contribution in [0.5, 0.6) is 0 Å². The molecule has 94 valence electrons. The number of aliphatic imine (C=N–C) groups is 1. The third kappa shape index (κ3) is 8.29. The summed E-state index contributed by atoms with van der Waals surface area (Å²) in [7, 11) is 1.87. The Morgan fingerprint density at radius 2 is 2.24 bits per heavy atom. The summed E-state index contributed by atoms with van der Waals surface area (Å²) in [6.07, 6.45) is 11.9. The molecule has 0 amide bonds. The van der Waals surface area contributed by atoms with E-state index in [-0.39, 0.29) is 0 Å².